The first-order chi connectivity index (χ1) is 7.67. The van der Waals surface area contributed by atoms with Gasteiger partial charge >= 0.3 is 0 Å². The molecule has 2 aliphatic rings. The summed E-state index contributed by atoms with van der Waals surface area (Å²) in [4.78, 5) is 2.77. The molecule has 0 radical (unpaired) electrons. The van der Waals surface area contributed by atoms with Crippen LogP contribution < -0.4 is 5.32 Å². The van der Waals surface area contributed by atoms with Crippen molar-refractivity contribution >= 4 is 0 Å². The third kappa shape index (κ3) is 3.46. The highest BCUT2D eigenvalue weighted by atomic mass is 15.2. The molecule has 0 atom stereocenters. The second-order valence-corrected chi connectivity index (χ2v) is 6.39. The molecule has 0 aromatic carbocycles. The molecule has 1 saturated carbocycles. The largest absolute Gasteiger partial charge is 0.317 e. The third-order valence-corrected chi connectivity index (χ3v) is 4.42. The summed E-state index contributed by atoms with van der Waals surface area (Å²) in [6.45, 7) is 9.93. The Labute approximate surface area is 101 Å². The SMILES string of the molecule is CC1(C)CCC(N2CCCNCCC2)CC1. The second kappa shape index (κ2) is 5.50. The van der Waals surface area contributed by atoms with Gasteiger partial charge in [0.25, 0.3) is 0 Å². The highest BCUT2D eigenvalue weighted by molar-refractivity contribution is 4.84. The smallest absolute Gasteiger partial charge is 0.00956 e. The van der Waals surface area contributed by atoms with Crippen molar-refractivity contribution in [2.75, 3.05) is 26.2 Å². The zero-order valence-corrected chi connectivity index (χ0v) is 11.1. The summed E-state index contributed by atoms with van der Waals surface area (Å²) in [6.07, 6.45) is 8.37. The fourth-order valence-electron chi connectivity index (χ4n) is 3.17. The van der Waals surface area contributed by atoms with Crippen molar-refractivity contribution in [1.82, 2.24) is 10.2 Å². The van der Waals surface area contributed by atoms with Gasteiger partial charge in [-0.3, -0.25) is 0 Å². The minimum Gasteiger partial charge on any atom is -0.317 e. The van der Waals surface area contributed by atoms with Gasteiger partial charge in [0.15, 0.2) is 0 Å². The third-order valence-electron chi connectivity index (χ3n) is 4.42. The second-order valence-electron chi connectivity index (χ2n) is 6.39. The Hall–Kier alpha value is -0.0800. The van der Waals surface area contributed by atoms with E-state index in [2.05, 4.69) is 24.1 Å². The van der Waals surface area contributed by atoms with Crippen molar-refractivity contribution in [2.45, 2.75) is 58.4 Å². The standard InChI is InChI=1S/C14H28N2/c1-14(2)7-5-13(6-8-14)16-11-3-9-15-10-4-12-16/h13,15H,3-12H2,1-2H3. The van der Waals surface area contributed by atoms with E-state index in [0.717, 1.165) is 6.04 Å². The van der Waals surface area contributed by atoms with Gasteiger partial charge in [0, 0.05) is 6.04 Å². The topological polar surface area (TPSA) is 15.3 Å². The molecule has 1 aliphatic carbocycles. The van der Waals surface area contributed by atoms with Crippen molar-refractivity contribution in [3.63, 3.8) is 0 Å². The molecule has 94 valence electrons. The van der Waals surface area contributed by atoms with Crippen LogP contribution in [0.2, 0.25) is 0 Å². The molecule has 0 bridgehead atoms. The molecule has 2 fully saturated rings. The molecule has 0 spiro atoms. The van der Waals surface area contributed by atoms with Crippen molar-refractivity contribution in [1.29, 1.82) is 0 Å². The van der Waals surface area contributed by atoms with E-state index in [4.69, 9.17) is 0 Å². The lowest BCUT2D eigenvalue weighted by Gasteiger charge is -2.40. The fourth-order valence-corrected chi connectivity index (χ4v) is 3.17. The van der Waals surface area contributed by atoms with Gasteiger partial charge in [-0.25, -0.2) is 0 Å². The van der Waals surface area contributed by atoms with Crippen molar-refractivity contribution < 1.29 is 0 Å². The Morgan fingerprint density at radius 1 is 1.00 bits per heavy atom. The number of nitrogens with zero attached hydrogens (tertiary/aromatic N) is 1. The van der Waals surface area contributed by atoms with E-state index >= 15 is 0 Å². The van der Waals surface area contributed by atoms with Crippen LogP contribution in [0.15, 0.2) is 0 Å². The number of rotatable bonds is 1. The van der Waals surface area contributed by atoms with Crippen LogP contribution in [0.5, 0.6) is 0 Å². The molecule has 0 aromatic rings. The molecule has 1 saturated heterocycles. The van der Waals surface area contributed by atoms with Gasteiger partial charge in [0.2, 0.25) is 0 Å². The molecule has 0 unspecified atom stereocenters. The van der Waals surface area contributed by atoms with Gasteiger partial charge in [-0.2, -0.15) is 0 Å². The Bertz CT molecular complexity index is 195. The molecular formula is C14H28N2. The molecule has 2 rings (SSSR count). The van der Waals surface area contributed by atoms with Gasteiger partial charge < -0.3 is 10.2 Å². The van der Waals surface area contributed by atoms with Crippen molar-refractivity contribution in [2.24, 2.45) is 5.41 Å². The molecule has 0 amide bonds. The highest BCUT2D eigenvalue weighted by Gasteiger charge is 2.29. The lowest BCUT2D eigenvalue weighted by Crippen LogP contribution is -2.43. The first kappa shape index (κ1) is 12.4. The molecule has 1 aliphatic heterocycles. The van der Waals surface area contributed by atoms with E-state index in [1.54, 1.807) is 0 Å². The molecule has 0 aromatic heterocycles. The van der Waals surface area contributed by atoms with Crippen LogP contribution in [-0.2, 0) is 0 Å². The minimum absolute atomic E-state index is 0.612. The predicted molar refractivity (Wildman–Crippen MR) is 69.7 cm³/mol. The zero-order valence-electron chi connectivity index (χ0n) is 11.1. The molecule has 2 nitrogen and oxygen atoms in total. The maximum atomic E-state index is 3.50. The average molecular weight is 224 g/mol. The molecule has 1 N–H and O–H groups in total. The van der Waals surface area contributed by atoms with E-state index in [1.807, 2.05) is 0 Å². The van der Waals surface area contributed by atoms with E-state index in [0.29, 0.717) is 5.41 Å². The zero-order chi connectivity index (χ0) is 11.4. The number of hydrogen-bond acceptors (Lipinski definition) is 2. The summed E-state index contributed by atoms with van der Waals surface area (Å²) in [7, 11) is 0. The van der Waals surface area contributed by atoms with Gasteiger partial charge in [-0.05, 0) is 70.1 Å². The van der Waals surface area contributed by atoms with Crippen LogP contribution in [0.25, 0.3) is 0 Å². The van der Waals surface area contributed by atoms with E-state index in [1.165, 1.54) is 64.7 Å². The van der Waals surface area contributed by atoms with Gasteiger partial charge in [-0.15, -0.1) is 0 Å². The Kier molecular flexibility index (Phi) is 4.26. The highest BCUT2D eigenvalue weighted by Crippen LogP contribution is 2.36. The first-order valence-corrected chi connectivity index (χ1v) is 7.12. The van der Waals surface area contributed by atoms with Crippen LogP contribution in [-0.4, -0.2) is 37.1 Å². The molecule has 16 heavy (non-hydrogen) atoms. The number of hydrogen-bond donors (Lipinski definition) is 1. The van der Waals surface area contributed by atoms with Gasteiger partial charge in [-0.1, -0.05) is 13.8 Å². The van der Waals surface area contributed by atoms with E-state index in [-0.39, 0.29) is 0 Å². The lowest BCUT2D eigenvalue weighted by molar-refractivity contribution is 0.101. The van der Waals surface area contributed by atoms with Crippen LogP contribution in [0.3, 0.4) is 0 Å². The minimum atomic E-state index is 0.612. The normalized spacial score (nSPS) is 29.6. The van der Waals surface area contributed by atoms with Gasteiger partial charge in [0.05, 0.1) is 0 Å². The van der Waals surface area contributed by atoms with E-state index in [9.17, 15) is 0 Å². The summed E-state index contributed by atoms with van der Waals surface area (Å²) < 4.78 is 0. The van der Waals surface area contributed by atoms with Crippen LogP contribution in [0.1, 0.15) is 52.4 Å². The fraction of sp³-hybridized carbons (Fsp3) is 1.00. The maximum Gasteiger partial charge on any atom is 0.00956 e. The van der Waals surface area contributed by atoms with Crippen LogP contribution in [0, 0.1) is 5.41 Å². The van der Waals surface area contributed by atoms with Crippen LogP contribution >= 0.6 is 0 Å². The predicted octanol–water partition coefficient (Wildman–Crippen LogP) is 2.64. The quantitative estimate of drug-likeness (QED) is 0.736. The van der Waals surface area contributed by atoms with Crippen LogP contribution in [0.4, 0.5) is 0 Å². The summed E-state index contributed by atoms with van der Waals surface area (Å²) in [5.41, 5.74) is 0.612. The summed E-state index contributed by atoms with van der Waals surface area (Å²) in [5.74, 6) is 0. The first-order valence-electron chi connectivity index (χ1n) is 7.12. The number of nitrogens with one attached hydrogen (secondary N) is 1. The van der Waals surface area contributed by atoms with Crippen molar-refractivity contribution in [3.05, 3.63) is 0 Å². The Morgan fingerprint density at radius 2 is 1.56 bits per heavy atom. The van der Waals surface area contributed by atoms with Crippen molar-refractivity contribution in [3.8, 4) is 0 Å². The van der Waals surface area contributed by atoms with E-state index < -0.39 is 0 Å². The summed E-state index contributed by atoms with van der Waals surface area (Å²) >= 11 is 0. The lowest BCUT2D eigenvalue weighted by atomic mass is 9.75. The maximum absolute atomic E-state index is 3.50. The Morgan fingerprint density at radius 3 is 2.12 bits per heavy atom. The average Bonchev–Trinajstić information content (AvgIpc) is 2.18. The Balaban J connectivity index is 1.82. The van der Waals surface area contributed by atoms with Gasteiger partial charge in [0.1, 0.15) is 0 Å². The molecule has 1 heterocycles. The summed E-state index contributed by atoms with van der Waals surface area (Å²) in [5, 5.41) is 3.50. The molecular weight excluding hydrogens is 196 g/mol. The summed E-state index contributed by atoms with van der Waals surface area (Å²) in [6, 6.07) is 0.895. The monoisotopic (exact) mass is 224 g/mol. The molecule has 2 heteroatoms.